The summed E-state index contributed by atoms with van der Waals surface area (Å²) in [5.74, 6) is 2.03. The lowest BCUT2D eigenvalue weighted by Crippen LogP contribution is -2.28. The van der Waals surface area contributed by atoms with Crippen molar-refractivity contribution in [3.05, 3.63) is 23.5 Å². The van der Waals surface area contributed by atoms with Crippen LogP contribution in [0.15, 0.2) is 12.4 Å². The number of rotatable bonds is 3. The smallest absolute Gasteiger partial charge is 0.215 e. The summed E-state index contributed by atoms with van der Waals surface area (Å²) in [5, 5.41) is 8.55. The number of halogens is 1. The van der Waals surface area contributed by atoms with Crippen LogP contribution in [0.4, 0.5) is 4.39 Å². The van der Waals surface area contributed by atoms with Crippen molar-refractivity contribution in [3.8, 4) is 11.8 Å². The van der Waals surface area contributed by atoms with E-state index in [1.54, 1.807) is 10.9 Å². The van der Waals surface area contributed by atoms with Crippen molar-refractivity contribution < 1.29 is 13.9 Å². The second-order valence-electron chi connectivity index (χ2n) is 6.10. The summed E-state index contributed by atoms with van der Waals surface area (Å²) in [7, 11) is 0. The van der Waals surface area contributed by atoms with Gasteiger partial charge in [0.25, 0.3) is 0 Å². The molecule has 0 aliphatic carbocycles. The first-order valence-electron chi connectivity index (χ1n) is 7.67. The highest BCUT2D eigenvalue weighted by atomic mass is 19.1. The molecule has 0 spiro atoms. The molecule has 0 saturated heterocycles. The monoisotopic (exact) mass is 306 g/mol. The van der Waals surface area contributed by atoms with Crippen molar-refractivity contribution in [2.75, 3.05) is 13.2 Å². The summed E-state index contributed by atoms with van der Waals surface area (Å²) in [6, 6.07) is 0. The average molecular weight is 306 g/mol. The molecule has 7 heteroatoms. The molecule has 0 radical (unpaired) electrons. The molecule has 2 aromatic heterocycles. The lowest BCUT2D eigenvalue weighted by atomic mass is 10.0. The average Bonchev–Trinajstić information content (AvgIpc) is 3.08. The first kappa shape index (κ1) is 13.6. The van der Waals surface area contributed by atoms with Crippen LogP contribution < -0.4 is 9.47 Å². The van der Waals surface area contributed by atoms with Crippen LogP contribution in [0.1, 0.15) is 17.5 Å². The van der Waals surface area contributed by atoms with Crippen molar-refractivity contribution in [2.45, 2.75) is 39.0 Å². The number of ether oxygens (including phenoxy) is 2. The molecule has 2 aliphatic rings. The lowest BCUT2D eigenvalue weighted by Gasteiger charge is -2.24. The molecule has 2 aliphatic heterocycles. The second kappa shape index (κ2) is 5.30. The van der Waals surface area contributed by atoms with Gasteiger partial charge >= 0.3 is 0 Å². The molecule has 2 atom stereocenters. The molecule has 0 N–H and O–H groups in total. The maximum absolute atomic E-state index is 13.3. The van der Waals surface area contributed by atoms with Gasteiger partial charge in [-0.15, -0.1) is 0 Å². The number of nitrogens with zero attached hydrogens (tertiary/aromatic N) is 4. The molecule has 0 fully saturated rings. The summed E-state index contributed by atoms with van der Waals surface area (Å²) in [6.07, 6.45) is 4.50. The molecule has 4 heterocycles. The molecule has 118 valence electrons. The number of hydrogen-bond donors (Lipinski definition) is 0. The van der Waals surface area contributed by atoms with Gasteiger partial charge in [0.15, 0.2) is 6.17 Å². The van der Waals surface area contributed by atoms with Crippen LogP contribution in [-0.2, 0) is 19.5 Å². The first-order chi connectivity index (χ1) is 10.7. The fraction of sp³-hybridized carbons (Fsp3) is 0.600. The minimum Gasteiger partial charge on any atom is -0.477 e. The normalized spacial score (nSPS) is 23.4. The van der Waals surface area contributed by atoms with Gasteiger partial charge < -0.3 is 9.47 Å². The van der Waals surface area contributed by atoms with E-state index in [1.807, 2.05) is 17.8 Å². The van der Waals surface area contributed by atoms with Gasteiger partial charge in [-0.25, -0.2) is 13.8 Å². The Kier molecular flexibility index (Phi) is 3.28. The molecular formula is C15H19FN4O2. The zero-order valence-corrected chi connectivity index (χ0v) is 12.5. The number of hydrogen-bond acceptors (Lipinski definition) is 4. The Bertz CT molecular complexity index is 681. The largest absolute Gasteiger partial charge is 0.477 e. The predicted octanol–water partition coefficient (Wildman–Crippen LogP) is 1.76. The van der Waals surface area contributed by atoms with E-state index in [9.17, 15) is 4.39 Å². The van der Waals surface area contributed by atoms with E-state index in [1.165, 1.54) is 0 Å². The third-order valence-corrected chi connectivity index (χ3v) is 4.31. The standard InChI is InChI=1S/C15H19FN4O2/c1-10-4-17-19-6-11(8-21-14(10)19)2-3-12-5-18-20-7-13(16)9-22-15(12)20/h4-5,11,13H,2-3,6-9H2,1H3/t11-,13?/m0/s1. The van der Waals surface area contributed by atoms with Crippen molar-refractivity contribution in [1.29, 1.82) is 0 Å². The molecule has 2 aromatic rings. The minimum atomic E-state index is -0.964. The Morgan fingerprint density at radius 1 is 1.14 bits per heavy atom. The van der Waals surface area contributed by atoms with Gasteiger partial charge in [-0.1, -0.05) is 0 Å². The number of alkyl halides is 1. The molecule has 6 nitrogen and oxygen atoms in total. The fourth-order valence-corrected chi connectivity index (χ4v) is 3.11. The van der Waals surface area contributed by atoms with E-state index in [-0.39, 0.29) is 13.2 Å². The summed E-state index contributed by atoms with van der Waals surface area (Å²) < 4.78 is 28.1. The highest BCUT2D eigenvalue weighted by Gasteiger charge is 2.25. The van der Waals surface area contributed by atoms with E-state index < -0.39 is 6.17 Å². The van der Waals surface area contributed by atoms with Gasteiger partial charge in [0.1, 0.15) is 6.61 Å². The van der Waals surface area contributed by atoms with E-state index in [0.29, 0.717) is 12.5 Å². The zero-order valence-electron chi connectivity index (χ0n) is 12.5. The third-order valence-electron chi connectivity index (χ3n) is 4.31. The van der Waals surface area contributed by atoms with Crippen LogP contribution in [0.3, 0.4) is 0 Å². The summed E-state index contributed by atoms with van der Waals surface area (Å²) in [4.78, 5) is 0. The second-order valence-corrected chi connectivity index (χ2v) is 6.10. The minimum absolute atomic E-state index is 0.126. The number of aromatic nitrogens is 4. The Morgan fingerprint density at radius 2 is 1.91 bits per heavy atom. The van der Waals surface area contributed by atoms with E-state index in [4.69, 9.17) is 9.47 Å². The van der Waals surface area contributed by atoms with Crippen molar-refractivity contribution in [3.63, 3.8) is 0 Å². The molecule has 0 aromatic carbocycles. The van der Waals surface area contributed by atoms with Crippen molar-refractivity contribution in [1.82, 2.24) is 19.6 Å². The van der Waals surface area contributed by atoms with Gasteiger partial charge in [0.2, 0.25) is 11.8 Å². The topological polar surface area (TPSA) is 54.1 Å². The lowest BCUT2D eigenvalue weighted by molar-refractivity contribution is 0.123. The third kappa shape index (κ3) is 2.34. The maximum atomic E-state index is 13.3. The van der Waals surface area contributed by atoms with Crippen molar-refractivity contribution in [2.24, 2.45) is 5.92 Å². The van der Waals surface area contributed by atoms with Crippen LogP contribution >= 0.6 is 0 Å². The first-order valence-corrected chi connectivity index (χ1v) is 7.67. The van der Waals surface area contributed by atoms with Crippen molar-refractivity contribution >= 4 is 0 Å². The molecule has 0 amide bonds. The SMILES string of the molecule is Cc1cnn2c1OC[C@@H](CCc1cnn3c1OCC(F)C3)C2. The molecular weight excluding hydrogens is 287 g/mol. The molecule has 0 saturated carbocycles. The van der Waals surface area contributed by atoms with Gasteiger partial charge in [-0.3, -0.25) is 0 Å². The van der Waals surface area contributed by atoms with Gasteiger partial charge in [0, 0.05) is 17.0 Å². The van der Waals surface area contributed by atoms with Gasteiger partial charge in [0.05, 0.1) is 32.1 Å². The molecule has 22 heavy (non-hydrogen) atoms. The Morgan fingerprint density at radius 3 is 2.82 bits per heavy atom. The highest BCUT2D eigenvalue weighted by Crippen LogP contribution is 2.28. The zero-order chi connectivity index (χ0) is 15.1. The Balaban J connectivity index is 1.40. The van der Waals surface area contributed by atoms with Crippen LogP contribution in [-0.4, -0.2) is 38.9 Å². The molecule has 0 bridgehead atoms. The number of fused-ring (bicyclic) bond motifs is 2. The summed E-state index contributed by atoms with van der Waals surface area (Å²) in [6.45, 7) is 4.01. The predicted molar refractivity (Wildman–Crippen MR) is 76.9 cm³/mol. The van der Waals surface area contributed by atoms with Gasteiger partial charge in [-0.2, -0.15) is 10.2 Å². The highest BCUT2D eigenvalue weighted by molar-refractivity contribution is 5.26. The number of aryl methyl sites for hydroxylation is 2. The quantitative estimate of drug-likeness (QED) is 0.867. The Hall–Kier alpha value is -2.05. The maximum Gasteiger partial charge on any atom is 0.215 e. The van der Waals surface area contributed by atoms with E-state index in [0.717, 1.165) is 42.3 Å². The fourth-order valence-electron chi connectivity index (χ4n) is 3.11. The van der Waals surface area contributed by atoms with E-state index >= 15 is 0 Å². The molecule has 1 unspecified atom stereocenters. The Labute approximate surface area is 127 Å². The van der Waals surface area contributed by atoms with Gasteiger partial charge in [-0.05, 0) is 19.8 Å². The molecule has 4 rings (SSSR count). The van der Waals surface area contributed by atoms with Crippen LogP contribution in [0, 0.1) is 12.8 Å². The van der Waals surface area contributed by atoms with Crippen LogP contribution in [0.5, 0.6) is 11.8 Å². The van der Waals surface area contributed by atoms with Crippen LogP contribution in [0.2, 0.25) is 0 Å². The van der Waals surface area contributed by atoms with E-state index in [2.05, 4.69) is 10.2 Å². The summed E-state index contributed by atoms with van der Waals surface area (Å²) in [5.41, 5.74) is 2.13. The summed E-state index contributed by atoms with van der Waals surface area (Å²) >= 11 is 0. The van der Waals surface area contributed by atoms with Crippen LogP contribution in [0.25, 0.3) is 0 Å².